The van der Waals surface area contributed by atoms with Crippen LogP contribution >= 0.6 is 0 Å². The maximum Gasteiger partial charge on any atom is 0.245 e. The van der Waals surface area contributed by atoms with E-state index in [4.69, 9.17) is 5.11 Å². The van der Waals surface area contributed by atoms with Gasteiger partial charge in [0.15, 0.2) is 5.72 Å². The number of carbonyl (C=O) groups is 1. The van der Waals surface area contributed by atoms with E-state index in [-0.39, 0.29) is 5.91 Å². The van der Waals surface area contributed by atoms with E-state index >= 15 is 0 Å². The van der Waals surface area contributed by atoms with E-state index in [1.165, 1.54) is 6.08 Å². The first-order chi connectivity index (χ1) is 4.58. The molecule has 0 spiro atoms. The normalized spacial score (nSPS) is 31.8. The number of carbonyl (C=O) groups excluding carboxylic acids is 1. The van der Waals surface area contributed by atoms with Crippen molar-refractivity contribution in [2.45, 2.75) is 5.72 Å². The van der Waals surface area contributed by atoms with Crippen molar-refractivity contribution < 1.29 is 15.0 Å². The second-order valence-electron chi connectivity index (χ2n) is 2.33. The quantitative estimate of drug-likeness (QED) is 0.348. The number of amides is 1. The van der Waals surface area contributed by atoms with Crippen molar-refractivity contribution in [2.24, 2.45) is 0 Å². The van der Waals surface area contributed by atoms with Crippen molar-refractivity contribution in [3.63, 3.8) is 0 Å². The van der Waals surface area contributed by atoms with Gasteiger partial charge in [-0.1, -0.05) is 5.47 Å². The van der Waals surface area contributed by atoms with Crippen molar-refractivity contribution in [3.05, 3.63) is 11.5 Å². The fraction of sp³-hybridized carbons (Fsp3) is 0.400. The van der Waals surface area contributed by atoms with Crippen LogP contribution in [0.5, 0.6) is 0 Å². The Morgan fingerprint density at radius 2 is 2.40 bits per heavy atom. The summed E-state index contributed by atoms with van der Waals surface area (Å²) in [4.78, 5) is 10.6. The maximum absolute atomic E-state index is 10.6. The van der Waals surface area contributed by atoms with E-state index in [1.54, 1.807) is 7.85 Å². The third kappa shape index (κ3) is 0.934. The predicted molar refractivity (Wildman–Crippen MR) is 36.8 cm³/mol. The minimum absolute atomic E-state index is 0.367. The van der Waals surface area contributed by atoms with Crippen LogP contribution in [-0.2, 0) is 4.79 Å². The molecule has 0 aromatic heterocycles. The molecule has 0 saturated carbocycles. The Morgan fingerprint density at radius 3 is 2.60 bits per heavy atom. The molecule has 0 aromatic rings. The van der Waals surface area contributed by atoms with E-state index in [2.05, 4.69) is 5.32 Å². The van der Waals surface area contributed by atoms with E-state index in [0.717, 1.165) is 0 Å². The van der Waals surface area contributed by atoms with E-state index in [1.807, 2.05) is 0 Å². The van der Waals surface area contributed by atoms with Crippen LogP contribution in [0.15, 0.2) is 11.5 Å². The zero-order valence-corrected chi connectivity index (χ0v) is 5.59. The minimum atomic E-state index is -1.52. The molecule has 1 amide bonds. The van der Waals surface area contributed by atoms with Crippen molar-refractivity contribution in [1.82, 2.24) is 5.32 Å². The fourth-order valence-corrected chi connectivity index (χ4v) is 0.819. The number of nitrogens with one attached hydrogen (secondary N) is 1. The smallest absolute Gasteiger partial charge is 0.245 e. The largest absolute Gasteiger partial charge is 0.391 e. The molecule has 10 heavy (non-hydrogen) atoms. The molecule has 3 N–H and O–H groups in total. The van der Waals surface area contributed by atoms with Gasteiger partial charge in [-0.25, -0.2) is 0 Å². The molecule has 1 atom stereocenters. The Labute approximate surface area is 59.0 Å². The van der Waals surface area contributed by atoms with Crippen molar-refractivity contribution in [1.29, 1.82) is 0 Å². The molecule has 1 rings (SSSR count). The molecule has 0 bridgehead atoms. The lowest BCUT2D eigenvalue weighted by Gasteiger charge is -2.21. The molecule has 0 aromatic carbocycles. The first-order valence-corrected chi connectivity index (χ1v) is 2.92. The third-order valence-electron chi connectivity index (χ3n) is 1.56. The van der Waals surface area contributed by atoms with Crippen LogP contribution in [0.1, 0.15) is 0 Å². The topological polar surface area (TPSA) is 69.6 Å². The summed E-state index contributed by atoms with van der Waals surface area (Å²) in [5.41, 5.74) is -1.07. The summed E-state index contributed by atoms with van der Waals surface area (Å²) in [6, 6.07) is 0. The van der Waals surface area contributed by atoms with Gasteiger partial charge in [-0.05, 0) is 6.08 Å². The van der Waals surface area contributed by atoms with E-state index in [9.17, 15) is 9.90 Å². The summed E-state index contributed by atoms with van der Waals surface area (Å²) in [6.07, 6.45) is 1.26. The number of hydrogen-bond acceptors (Lipinski definition) is 3. The second-order valence-corrected chi connectivity index (χ2v) is 2.33. The number of aliphatic hydroxyl groups excluding tert-OH is 1. The van der Waals surface area contributed by atoms with Gasteiger partial charge in [0.05, 0.1) is 6.61 Å². The van der Waals surface area contributed by atoms with Crippen LogP contribution in [-0.4, -0.2) is 36.3 Å². The number of hydrogen-bond donors (Lipinski definition) is 3. The minimum Gasteiger partial charge on any atom is -0.391 e. The molecule has 1 heterocycles. The highest BCUT2D eigenvalue weighted by Gasteiger charge is 2.34. The lowest BCUT2D eigenvalue weighted by molar-refractivity contribution is -0.121. The lowest BCUT2D eigenvalue weighted by atomic mass is 9.88. The number of aliphatic hydroxyl groups is 2. The van der Waals surface area contributed by atoms with Crippen molar-refractivity contribution in [2.75, 3.05) is 6.61 Å². The third-order valence-corrected chi connectivity index (χ3v) is 1.56. The monoisotopic (exact) mass is 141 g/mol. The predicted octanol–water partition coefficient (Wildman–Crippen LogP) is -2.69. The molecule has 0 radical (unpaired) electrons. The molecule has 0 saturated heterocycles. The van der Waals surface area contributed by atoms with Crippen LogP contribution in [0.2, 0.25) is 0 Å². The first kappa shape index (κ1) is 7.30. The fourth-order valence-electron chi connectivity index (χ4n) is 0.819. The summed E-state index contributed by atoms with van der Waals surface area (Å²) in [6.45, 7) is -0.485. The molecule has 54 valence electrons. The average Bonchev–Trinajstić information content (AvgIpc) is 2.09. The van der Waals surface area contributed by atoms with Crippen LogP contribution in [0.25, 0.3) is 0 Å². The van der Waals surface area contributed by atoms with Gasteiger partial charge in [0, 0.05) is 0 Å². The van der Waals surface area contributed by atoms with Gasteiger partial charge in [0.1, 0.15) is 7.85 Å². The Hall–Kier alpha value is -0.805. The van der Waals surface area contributed by atoms with Gasteiger partial charge in [0.25, 0.3) is 0 Å². The summed E-state index contributed by atoms with van der Waals surface area (Å²) in [5.74, 6) is -0.367. The Morgan fingerprint density at radius 1 is 1.80 bits per heavy atom. The van der Waals surface area contributed by atoms with Crippen LogP contribution < -0.4 is 5.32 Å². The van der Waals surface area contributed by atoms with Crippen LogP contribution in [0, 0.1) is 0 Å². The summed E-state index contributed by atoms with van der Waals surface area (Å²) in [5, 5.41) is 20.1. The summed E-state index contributed by atoms with van der Waals surface area (Å²) in [7, 11) is 1.58. The van der Waals surface area contributed by atoms with Gasteiger partial charge in [-0.15, -0.1) is 0 Å². The highest BCUT2D eigenvalue weighted by molar-refractivity contribution is 6.26. The van der Waals surface area contributed by atoms with Crippen LogP contribution in [0.4, 0.5) is 0 Å². The Balaban J connectivity index is 2.86. The summed E-state index contributed by atoms with van der Waals surface area (Å²) >= 11 is 0. The highest BCUT2D eigenvalue weighted by Crippen LogP contribution is 2.14. The highest BCUT2D eigenvalue weighted by atomic mass is 16.3. The Bertz CT molecular complexity index is 203. The lowest BCUT2D eigenvalue weighted by Crippen LogP contribution is -2.47. The molecule has 0 aliphatic carbocycles. The van der Waals surface area contributed by atoms with Gasteiger partial charge in [-0.2, -0.15) is 0 Å². The molecule has 1 aliphatic rings. The van der Waals surface area contributed by atoms with Gasteiger partial charge < -0.3 is 15.5 Å². The van der Waals surface area contributed by atoms with Crippen molar-refractivity contribution >= 4 is 13.8 Å². The SMILES string of the molecule is BC1=CC(=O)NC1(O)CO. The zero-order chi connectivity index (χ0) is 7.78. The van der Waals surface area contributed by atoms with Gasteiger partial charge >= 0.3 is 0 Å². The second kappa shape index (κ2) is 2.11. The van der Waals surface area contributed by atoms with E-state index in [0.29, 0.717) is 5.47 Å². The molecule has 4 nitrogen and oxygen atoms in total. The molecule has 5 heteroatoms. The zero-order valence-electron chi connectivity index (χ0n) is 5.59. The standard InChI is InChI=1S/C5H8BNO3/c6-3-1-4(9)7-5(3,10)2-8/h1,8,10H,2,6H2,(H,7,9). The average molecular weight is 141 g/mol. The molecular weight excluding hydrogens is 133 g/mol. The van der Waals surface area contributed by atoms with Gasteiger partial charge in [-0.3, -0.25) is 4.79 Å². The summed E-state index contributed by atoms with van der Waals surface area (Å²) < 4.78 is 0. The number of rotatable bonds is 1. The first-order valence-electron chi connectivity index (χ1n) is 2.92. The molecule has 0 fully saturated rings. The van der Waals surface area contributed by atoms with Gasteiger partial charge in [0.2, 0.25) is 5.91 Å². The molecule has 1 aliphatic heterocycles. The van der Waals surface area contributed by atoms with E-state index < -0.39 is 12.3 Å². The van der Waals surface area contributed by atoms with Crippen molar-refractivity contribution in [3.8, 4) is 0 Å². The molecular formula is C5H8BNO3. The molecule has 1 unspecified atom stereocenters. The Kier molecular flexibility index (Phi) is 1.54. The maximum atomic E-state index is 10.6. The van der Waals surface area contributed by atoms with Crippen LogP contribution in [0.3, 0.4) is 0 Å².